The number of carbonyl (C=O) groups is 1. The van der Waals surface area contributed by atoms with Gasteiger partial charge in [0.15, 0.2) is 0 Å². The minimum Gasteiger partial charge on any atom is -0.389 e. The summed E-state index contributed by atoms with van der Waals surface area (Å²) in [5, 5.41) is 9.79. The van der Waals surface area contributed by atoms with Crippen LogP contribution in [0.25, 0.3) is 0 Å². The largest absolute Gasteiger partial charge is 0.389 e. The normalized spacial score (nSPS) is 11.4. The van der Waals surface area contributed by atoms with E-state index in [1.54, 1.807) is 30.9 Å². The highest BCUT2D eigenvalue weighted by Crippen LogP contribution is 2.12. The highest BCUT2D eigenvalue weighted by Gasteiger charge is 2.22. The topological polar surface area (TPSA) is 40.5 Å². The van der Waals surface area contributed by atoms with Crippen LogP contribution in [0.1, 0.15) is 36.7 Å². The van der Waals surface area contributed by atoms with Crippen LogP contribution in [0, 0.1) is 0 Å². The number of hydrogen-bond acceptors (Lipinski definition) is 2. The zero-order valence-corrected chi connectivity index (χ0v) is 11.9. The van der Waals surface area contributed by atoms with Gasteiger partial charge in [-0.3, -0.25) is 4.79 Å². The molecule has 0 radical (unpaired) electrons. The van der Waals surface area contributed by atoms with E-state index in [9.17, 15) is 9.90 Å². The molecular weight excluding hydrogens is 250 g/mol. The first kappa shape index (κ1) is 15.0. The Labute approximate surface area is 113 Å². The minimum atomic E-state index is -0.887. The first-order valence-corrected chi connectivity index (χ1v) is 6.57. The average Bonchev–Trinajstić information content (AvgIpc) is 2.34. The van der Waals surface area contributed by atoms with Crippen molar-refractivity contribution in [2.75, 3.05) is 13.1 Å². The summed E-state index contributed by atoms with van der Waals surface area (Å²) in [6.45, 7) is 6.18. The van der Waals surface area contributed by atoms with Gasteiger partial charge in [-0.1, -0.05) is 12.1 Å². The summed E-state index contributed by atoms with van der Waals surface area (Å²) >= 11 is 5.71. The Hall–Kier alpha value is -1.06. The summed E-state index contributed by atoms with van der Waals surface area (Å²) in [4.78, 5) is 13.9. The maximum atomic E-state index is 12.2. The van der Waals surface area contributed by atoms with E-state index in [-0.39, 0.29) is 5.91 Å². The van der Waals surface area contributed by atoms with Gasteiger partial charge in [-0.2, -0.15) is 0 Å². The molecule has 1 N–H and O–H groups in total. The van der Waals surface area contributed by atoms with Crippen molar-refractivity contribution >= 4 is 17.5 Å². The summed E-state index contributed by atoms with van der Waals surface area (Å²) in [5.74, 6) is 0.371. The lowest BCUT2D eigenvalue weighted by Gasteiger charge is -2.28. The smallest absolute Gasteiger partial charge is 0.253 e. The van der Waals surface area contributed by atoms with Crippen molar-refractivity contribution < 1.29 is 9.90 Å². The second-order valence-electron chi connectivity index (χ2n) is 4.96. The second-order valence-corrected chi connectivity index (χ2v) is 5.23. The van der Waals surface area contributed by atoms with Crippen LogP contribution in [0.4, 0.5) is 0 Å². The van der Waals surface area contributed by atoms with Crippen LogP contribution < -0.4 is 0 Å². The number of halogens is 1. The second kappa shape index (κ2) is 6.21. The number of likely N-dealkylation sites (N-methyl/N-ethyl adjacent to an activating group) is 1. The fraction of sp³-hybridized carbons (Fsp3) is 0.500. The third-order valence-electron chi connectivity index (χ3n) is 2.60. The van der Waals surface area contributed by atoms with E-state index in [1.165, 1.54) is 0 Å². The van der Waals surface area contributed by atoms with Gasteiger partial charge in [-0.15, -0.1) is 11.6 Å². The van der Waals surface area contributed by atoms with Gasteiger partial charge in [-0.05, 0) is 38.5 Å². The van der Waals surface area contributed by atoms with Crippen LogP contribution >= 0.6 is 11.6 Å². The fourth-order valence-corrected chi connectivity index (χ4v) is 1.89. The number of alkyl halides is 1. The Bertz CT molecular complexity index is 395. The Morgan fingerprint density at radius 2 is 1.89 bits per heavy atom. The molecule has 1 rings (SSSR count). The standard InChI is InChI=1S/C14H20ClNO2/c1-4-16(10-14(2,3)18)13(17)12-7-5-11(9-15)6-8-12/h5-8,18H,4,9-10H2,1-3H3. The summed E-state index contributed by atoms with van der Waals surface area (Å²) in [7, 11) is 0. The lowest BCUT2D eigenvalue weighted by molar-refractivity contribution is 0.0314. The van der Waals surface area contributed by atoms with Gasteiger partial charge in [0.2, 0.25) is 0 Å². The minimum absolute atomic E-state index is 0.0688. The summed E-state index contributed by atoms with van der Waals surface area (Å²) in [5.41, 5.74) is 0.718. The molecule has 0 spiro atoms. The molecular formula is C14H20ClNO2. The lowest BCUT2D eigenvalue weighted by atomic mass is 10.1. The van der Waals surface area contributed by atoms with Gasteiger partial charge in [-0.25, -0.2) is 0 Å². The van der Waals surface area contributed by atoms with Crippen molar-refractivity contribution in [1.82, 2.24) is 4.90 Å². The number of amides is 1. The molecule has 1 amide bonds. The number of hydrogen-bond donors (Lipinski definition) is 1. The number of aliphatic hydroxyl groups is 1. The molecule has 0 bridgehead atoms. The molecule has 18 heavy (non-hydrogen) atoms. The molecule has 1 aromatic carbocycles. The molecule has 4 heteroatoms. The van der Waals surface area contributed by atoms with E-state index < -0.39 is 5.60 Å². The summed E-state index contributed by atoms with van der Waals surface area (Å²) in [6.07, 6.45) is 0. The summed E-state index contributed by atoms with van der Waals surface area (Å²) < 4.78 is 0. The van der Waals surface area contributed by atoms with Crippen molar-refractivity contribution in [3.63, 3.8) is 0 Å². The Morgan fingerprint density at radius 3 is 2.28 bits per heavy atom. The molecule has 0 aliphatic rings. The number of benzene rings is 1. The first-order valence-electron chi connectivity index (χ1n) is 6.04. The fourth-order valence-electron chi connectivity index (χ4n) is 1.71. The predicted octanol–water partition coefficient (Wildman–Crippen LogP) is 2.66. The van der Waals surface area contributed by atoms with E-state index in [0.29, 0.717) is 24.5 Å². The summed E-state index contributed by atoms with van der Waals surface area (Å²) in [6, 6.07) is 7.23. The molecule has 0 aromatic heterocycles. The van der Waals surface area contributed by atoms with E-state index in [2.05, 4.69) is 0 Å². The van der Waals surface area contributed by atoms with Crippen LogP contribution in [-0.2, 0) is 5.88 Å². The number of nitrogens with zero attached hydrogens (tertiary/aromatic N) is 1. The highest BCUT2D eigenvalue weighted by atomic mass is 35.5. The Balaban J connectivity index is 2.82. The predicted molar refractivity (Wildman–Crippen MR) is 73.9 cm³/mol. The van der Waals surface area contributed by atoms with Gasteiger partial charge in [0.1, 0.15) is 0 Å². The molecule has 0 aliphatic heterocycles. The van der Waals surface area contributed by atoms with E-state index >= 15 is 0 Å². The lowest BCUT2D eigenvalue weighted by Crippen LogP contribution is -2.42. The third kappa shape index (κ3) is 4.31. The molecule has 0 saturated heterocycles. The van der Waals surface area contributed by atoms with Crippen LogP contribution in [0.5, 0.6) is 0 Å². The first-order chi connectivity index (χ1) is 8.37. The zero-order chi connectivity index (χ0) is 13.8. The van der Waals surface area contributed by atoms with Crippen molar-refractivity contribution in [2.24, 2.45) is 0 Å². The molecule has 0 aliphatic carbocycles. The van der Waals surface area contributed by atoms with Gasteiger partial charge in [0.25, 0.3) is 5.91 Å². The molecule has 0 fully saturated rings. The van der Waals surface area contributed by atoms with Crippen LogP contribution in [0.15, 0.2) is 24.3 Å². The molecule has 100 valence electrons. The van der Waals surface area contributed by atoms with Crippen molar-refractivity contribution in [2.45, 2.75) is 32.3 Å². The molecule has 1 aromatic rings. The van der Waals surface area contributed by atoms with Crippen LogP contribution in [0.3, 0.4) is 0 Å². The highest BCUT2D eigenvalue weighted by molar-refractivity contribution is 6.17. The van der Waals surface area contributed by atoms with Gasteiger partial charge >= 0.3 is 0 Å². The maximum absolute atomic E-state index is 12.2. The monoisotopic (exact) mass is 269 g/mol. The van der Waals surface area contributed by atoms with Gasteiger partial charge in [0, 0.05) is 24.5 Å². The van der Waals surface area contributed by atoms with Crippen molar-refractivity contribution in [3.05, 3.63) is 35.4 Å². The molecule has 0 saturated carbocycles. The molecule has 0 atom stereocenters. The van der Waals surface area contributed by atoms with E-state index in [0.717, 1.165) is 5.56 Å². The number of rotatable bonds is 5. The molecule has 0 unspecified atom stereocenters. The van der Waals surface area contributed by atoms with E-state index in [4.69, 9.17) is 11.6 Å². The maximum Gasteiger partial charge on any atom is 0.253 e. The zero-order valence-electron chi connectivity index (χ0n) is 11.1. The Morgan fingerprint density at radius 1 is 1.33 bits per heavy atom. The van der Waals surface area contributed by atoms with Crippen molar-refractivity contribution in [3.8, 4) is 0 Å². The van der Waals surface area contributed by atoms with Crippen LogP contribution in [-0.4, -0.2) is 34.6 Å². The quantitative estimate of drug-likeness (QED) is 0.835. The number of carbonyl (C=O) groups excluding carboxylic acids is 1. The SMILES string of the molecule is CCN(CC(C)(C)O)C(=O)c1ccc(CCl)cc1. The van der Waals surface area contributed by atoms with E-state index in [1.807, 2.05) is 19.1 Å². The van der Waals surface area contributed by atoms with Crippen LogP contribution in [0.2, 0.25) is 0 Å². The average molecular weight is 270 g/mol. The van der Waals surface area contributed by atoms with Crippen molar-refractivity contribution in [1.29, 1.82) is 0 Å². The van der Waals surface area contributed by atoms with Gasteiger partial charge in [0.05, 0.1) is 5.60 Å². The third-order valence-corrected chi connectivity index (χ3v) is 2.91. The Kier molecular flexibility index (Phi) is 5.17. The van der Waals surface area contributed by atoms with Gasteiger partial charge < -0.3 is 10.0 Å². The molecule has 3 nitrogen and oxygen atoms in total. The molecule has 0 heterocycles.